The van der Waals surface area contributed by atoms with Crippen LogP contribution in [0.25, 0.3) is 0 Å². The van der Waals surface area contributed by atoms with E-state index in [2.05, 4.69) is 15.1 Å². The molecule has 2 aliphatic rings. The van der Waals surface area contributed by atoms with Gasteiger partial charge in [-0.2, -0.15) is 0 Å². The largest absolute Gasteiger partial charge is 0.466 e. The summed E-state index contributed by atoms with van der Waals surface area (Å²) in [5.74, 6) is -2.85. The number of dihydropyridines is 1. The van der Waals surface area contributed by atoms with E-state index in [0.717, 1.165) is 48.6 Å². The van der Waals surface area contributed by atoms with Gasteiger partial charge in [0.1, 0.15) is 11.6 Å². The van der Waals surface area contributed by atoms with E-state index >= 15 is 0 Å². The van der Waals surface area contributed by atoms with Crippen molar-refractivity contribution in [1.29, 1.82) is 0 Å². The van der Waals surface area contributed by atoms with E-state index in [4.69, 9.17) is 9.47 Å². The molecule has 0 amide bonds. The summed E-state index contributed by atoms with van der Waals surface area (Å²) >= 11 is 0. The minimum atomic E-state index is -0.933. The van der Waals surface area contributed by atoms with Gasteiger partial charge in [-0.25, -0.2) is 18.4 Å². The quantitative estimate of drug-likeness (QED) is 0.0996. The average Bonchev–Trinajstić information content (AvgIpc) is 3.16. The van der Waals surface area contributed by atoms with Gasteiger partial charge in [-0.3, -0.25) is 15.0 Å². The number of allylic oxidation sites excluding steroid dienone is 2. The Kier molecular flexibility index (Phi) is 11.3. The predicted molar refractivity (Wildman–Crippen MR) is 196 cm³/mol. The molecule has 2 heterocycles. The van der Waals surface area contributed by atoms with Crippen LogP contribution in [-0.4, -0.2) is 61.7 Å². The van der Waals surface area contributed by atoms with Crippen molar-refractivity contribution in [2.45, 2.75) is 32.2 Å². The molecule has 0 spiro atoms. The number of nitro benzene ring substituents is 1. The smallest absolute Gasteiger partial charge is 0.336 e. The summed E-state index contributed by atoms with van der Waals surface area (Å²) in [5, 5.41) is 14.6. The van der Waals surface area contributed by atoms with Gasteiger partial charge in [-0.1, -0.05) is 48.5 Å². The van der Waals surface area contributed by atoms with Crippen LogP contribution in [0.3, 0.4) is 0 Å². The van der Waals surface area contributed by atoms with Crippen molar-refractivity contribution in [1.82, 2.24) is 10.2 Å². The highest BCUT2D eigenvalue weighted by Crippen LogP contribution is 2.40. The zero-order chi connectivity index (χ0) is 37.6. The fourth-order valence-electron chi connectivity index (χ4n) is 7.15. The van der Waals surface area contributed by atoms with Crippen molar-refractivity contribution in [2.24, 2.45) is 0 Å². The number of nitrogens with zero attached hydrogens (tertiary/aromatic N) is 3. The number of non-ortho nitro benzene ring substituents is 1. The maximum absolute atomic E-state index is 13.7. The number of ether oxygens (including phenoxy) is 2. The summed E-state index contributed by atoms with van der Waals surface area (Å²) in [5.41, 5.74) is 5.42. The fraction of sp³-hybridized carbons (Fsp3) is 0.268. The highest BCUT2D eigenvalue weighted by Gasteiger charge is 2.38. The molecule has 4 aromatic carbocycles. The van der Waals surface area contributed by atoms with Gasteiger partial charge < -0.3 is 19.7 Å². The molecule has 2 aliphatic heterocycles. The molecular formula is C41H40F2N4O6. The normalized spacial score (nSPS) is 16.4. The lowest BCUT2D eigenvalue weighted by Crippen LogP contribution is -2.48. The third-order valence-corrected chi connectivity index (χ3v) is 9.78. The van der Waals surface area contributed by atoms with Gasteiger partial charge in [-0.05, 0) is 72.5 Å². The Balaban J connectivity index is 1.09. The molecule has 0 radical (unpaired) electrons. The van der Waals surface area contributed by atoms with Crippen molar-refractivity contribution in [3.8, 4) is 0 Å². The van der Waals surface area contributed by atoms with Crippen LogP contribution in [0.2, 0.25) is 0 Å². The number of nitro groups is 1. The summed E-state index contributed by atoms with van der Waals surface area (Å²) in [4.78, 5) is 42.2. The maximum Gasteiger partial charge on any atom is 0.336 e. The van der Waals surface area contributed by atoms with Gasteiger partial charge >= 0.3 is 11.9 Å². The van der Waals surface area contributed by atoms with Gasteiger partial charge in [-0.15, -0.1) is 0 Å². The molecule has 4 aromatic rings. The van der Waals surface area contributed by atoms with Gasteiger partial charge in [0.05, 0.1) is 41.7 Å². The standard InChI is InChI=1S/C41H40F2N4O6/c1-26-36(40(48)52-3)38(31-5-4-6-35(25-31)47(50)51)37(27(2)44-26)41(49)53-24-19-28-7-17-34(18-8-28)45-20-22-46(23-21-45)39(29-9-13-32(42)14-10-29)30-11-15-33(43)16-12-30/h4-18,25,38-39,44H,19-24H2,1-3H3. The van der Waals surface area contributed by atoms with Crippen LogP contribution in [0.15, 0.2) is 120 Å². The Hall–Kier alpha value is -5.88. The molecule has 1 unspecified atom stereocenters. The third kappa shape index (κ3) is 8.28. The van der Waals surface area contributed by atoms with Crippen LogP contribution >= 0.6 is 0 Å². The molecule has 0 aliphatic carbocycles. The Morgan fingerprint density at radius 1 is 0.830 bits per heavy atom. The number of hydrogen-bond acceptors (Lipinski definition) is 9. The van der Waals surface area contributed by atoms with Gasteiger partial charge in [0.25, 0.3) is 5.69 Å². The molecule has 10 nitrogen and oxygen atoms in total. The van der Waals surface area contributed by atoms with E-state index in [1.54, 1.807) is 44.2 Å². The Labute approximate surface area is 306 Å². The molecule has 1 atom stereocenters. The molecule has 1 N–H and O–H groups in total. The predicted octanol–water partition coefficient (Wildman–Crippen LogP) is 6.98. The van der Waals surface area contributed by atoms with Crippen LogP contribution in [0, 0.1) is 21.7 Å². The van der Waals surface area contributed by atoms with E-state index in [9.17, 15) is 28.5 Å². The van der Waals surface area contributed by atoms with Crippen LogP contribution in [0.4, 0.5) is 20.2 Å². The van der Waals surface area contributed by atoms with E-state index in [0.29, 0.717) is 23.4 Å². The van der Waals surface area contributed by atoms with Crippen LogP contribution in [-0.2, 0) is 25.5 Å². The first kappa shape index (κ1) is 36.9. The SMILES string of the molecule is COC(=O)C1=C(C)NC(C)=C(C(=O)OCCc2ccc(N3CCN(C(c4ccc(F)cc4)c4ccc(F)cc4)CC3)cc2)C1c1cccc([N+](=O)[O-])c1. The molecule has 6 rings (SSSR count). The van der Waals surface area contributed by atoms with E-state index in [-0.39, 0.29) is 41.1 Å². The second-order valence-corrected chi connectivity index (χ2v) is 13.1. The summed E-state index contributed by atoms with van der Waals surface area (Å²) < 4.78 is 38.3. The van der Waals surface area contributed by atoms with Crippen molar-refractivity contribution < 1.29 is 32.8 Å². The number of hydrogen-bond donors (Lipinski definition) is 1. The first-order chi connectivity index (χ1) is 25.5. The molecular weight excluding hydrogens is 682 g/mol. The maximum atomic E-state index is 13.7. The number of carbonyl (C=O) groups is 2. The average molecular weight is 723 g/mol. The third-order valence-electron chi connectivity index (χ3n) is 9.78. The zero-order valence-corrected chi connectivity index (χ0v) is 29.7. The highest BCUT2D eigenvalue weighted by atomic mass is 19.1. The minimum absolute atomic E-state index is 0.0692. The molecule has 1 fully saturated rings. The fourth-order valence-corrected chi connectivity index (χ4v) is 7.15. The second kappa shape index (κ2) is 16.2. The Bertz CT molecular complexity index is 1990. The monoisotopic (exact) mass is 722 g/mol. The summed E-state index contributed by atoms with van der Waals surface area (Å²) in [7, 11) is 1.24. The summed E-state index contributed by atoms with van der Waals surface area (Å²) in [6.45, 7) is 6.44. The Morgan fingerprint density at radius 2 is 1.40 bits per heavy atom. The lowest BCUT2D eigenvalue weighted by molar-refractivity contribution is -0.384. The number of esters is 2. The topological polar surface area (TPSA) is 114 Å². The van der Waals surface area contributed by atoms with Gasteiger partial charge in [0.2, 0.25) is 0 Å². The van der Waals surface area contributed by atoms with Crippen LogP contribution in [0.5, 0.6) is 0 Å². The molecule has 274 valence electrons. The summed E-state index contributed by atoms with van der Waals surface area (Å²) in [6.07, 6.45) is 0.441. The number of piperazine rings is 1. The first-order valence-electron chi connectivity index (χ1n) is 17.3. The summed E-state index contributed by atoms with van der Waals surface area (Å²) in [6, 6.07) is 26.7. The second-order valence-electron chi connectivity index (χ2n) is 13.1. The molecule has 0 aromatic heterocycles. The van der Waals surface area contributed by atoms with E-state index in [1.807, 2.05) is 24.3 Å². The number of carbonyl (C=O) groups excluding carboxylic acids is 2. The molecule has 53 heavy (non-hydrogen) atoms. The molecule has 0 bridgehead atoms. The first-order valence-corrected chi connectivity index (χ1v) is 17.3. The molecule has 1 saturated heterocycles. The molecule has 0 saturated carbocycles. The number of rotatable bonds is 11. The number of benzene rings is 4. The number of halogens is 2. The number of nitrogens with one attached hydrogen (secondary N) is 1. The highest BCUT2D eigenvalue weighted by molar-refractivity contribution is 5.99. The van der Waals surface area contributed by atoms with Crippen molar-refractivity contribution in [2.75, 3.05) is 44.8 Å². The van der Waals surface area contributed by atoms with Crippen molar-refractivity contribution in [3.63, 3.8) is 0 Å². The van der Waals surface area contributed by atoms with Crippen LogP contribution in [0.1, 0.15) is 48.1 Å². The number of anilines is 1. The minimum Gasteiger partial charge on any atom is -0.466 e. The van der Waals surface area contributed by atoms with Gasteiger partial charge in [0.15, 0.2) is 0 Å². The lowest BCUT2D eigenvalue weighted by Gasteiger charge is -2.40. The van der Waals surface area contributed by atoms with E-state index < -0.39 is 22.8 Å². The van der Waals surface area contributed by atoms with E-state index in [1.165, 1.54) is 49.6 Å². The lowest BCUT2D eigenvalue weighted by atomic mass is 9.80. The van der Waals surface area contributed by atoms with Crippen molar-refractivity contribution >= 4 is 23.3 Å². The van der Waals surface area contributed by atoms with Crippen molar-refractivity contribution in [3.05, 3.63) is 164 Å². The number of methoxy groups -OCH3 is 1. The molecule has 12 heteroatoms. The van der Waals surface area contributed by atoms with Crippen LogP contribution < -0.4 is 10.2 Å². The Morgan fingerprint density at radius 3 is 1.94 bits per heavy atom. The zero-order valence-electron chi connectivity index (χ0n) is 29.7. The van der Waals surface area contributed by atoms with Gasteiger partial charge in [0, 0.05) is 61.8 Å².